The Morgan fingerprint density at radius 1 is 1.35 bits per heavy atom. The Balaban J connectivity index is 1.60. The Morgan fingerprint density at radius 2 is 2.13 bits per heavy atom. The van der Waals surface area contributed by atoms with Gasteiger partial charge in [-0.2, -0.15) is 0 Å². The van der Waals surface area contributed by atoms with Gasteiger partial charge in [0.1, 0.15) is 5.01 Å². The van der Waals surface area contributed by atoms with Crippen molar-refractivity contribution in [2.45, 2.75) is 64.0 Å². The van der Waals surface area contributed by atoms with E-state index in [1.54, 1.807) is 11.3 Å². The highest BCUT2D eigenvalue weighted by molar-refractivity contribution is 7.11. The molecule has 0 unspecified atom stereocenters. The average molecular weight is 337 g/mol. The Labute approximate surface area is 141 Å². The van der Waals surface area contributed by atoms with E-state index in [0.29, 0.717) is 5.92 Å². The number of aromatic nitrogens is 1. The zero-order chi connectivity index (χ0) is 16.2. The molecule has 0 aliphatic heterocycles. The number of hydrogen-bond acceptors (Lipinski definition) is 4. The summed E-state index contributed by atoms with van der Waals surface area (Å²) in [4.78, 5) is 18.1. The van der Waals surface area contributed by atoms with Crippen LogP contribution in [-0.2, 0) is 0 Å². The van der Waals surface area contributed by atoms with Crippen molar-refractivity contribution < 1.29 is 9.90 Å². The van der Waals surface area contributed by atoms with E-state index < -0.39 is 0 Å². The molecule has 0 saturated heterocycles. The van der Waals surface area contributed by atoms with E-state index >= 15 is 0 Å². The molecule has 2 aliphatic rings. The Kier molecular flexibility index (Phi) is 5.54. The molecule has 0 aromatic carbocycles. The summed E-state index contributed by atoms with van der Waals surface area (Å²) in [6, 6.07) is 0.00698. The molecule has 5 nitrogen and oxygen atoms in total. The van der Waals surface area contributed by atoms with E-state index in [1.165, 1.54) is 11.3 Å². The normalized spacial score (nSPS) is 26.3. The number of carbonyl (C=O) groups excluding carboxylic acids is 1. The summed E-state index contributed by atoms with van der Waals surface area (Å²) < 4.78 is 0. The number of aliphatic hydroxyl groups is 1. The zero-order valence-corrected chi connectivity index (χ0v) is 14.6. The molecule has 1 aromatic rings. The van der Waals surface area contributed by atoms with E-state index in [9.17, 15) is 9.90 Å². The van der Waals surface area contributed by atoms with Crippen LogP contribution in [0.15, 0.2) is 6.20 Å². The van der Waals surface area contributed by atoms with Crippen LogP contribution in [-0.4, -0.2) is 28.8 Å². The van der Waals surface area contributed by atoms with Crippen molar-refractivity contribution in [3.05, 3.63) is 16.1 Å². The number of nitrogens with one attached hydrogen (secondary N) is 2. The molecule has 23 heavy (non-hydrogen) atoms. The molecule has 1 aromatic heterocycles. The molecule has 2 fully saturated rings. The maximum atomic E-state index is 12.5. The quantitative estimate of drug-likeness (QED) is 0.723. The first-order chi connectivity index (χ1) is 11.2. The molecule has 2 saturated carbocycles. The minimum atomic E-state index is -0.111. The van der Waals surface area contributed by atoms with Gasteiger partial charge in [-0.25, -0.2) is 9.78 Å². The van der Waals surface area contributed by atoms with E-state index in [1.807, 2.05) is 13.1 Å². The van der Waals surface area contributed by atoms with Crippen molar-refractivity contribution in [1.82, 2.24) is 15.6 Å². The molecule has 3 rings (SSSR count). The van der Waals surface area contributed by atoms with Gasteiger partial charge in [0, 0.05) is 29.6 Å². The van der Waals surface area contributed by atoms with E-state index in [-0.39, 0.29) is 30.6 Å². The summed E-state index contributed by atoms with van der Waals surface area (Å²) in [5.41, 5.74) is 0. The number of nitrogens with zero attached hydrogens (tertiary/aromatic N) is 1. The summed E-state index contributed by atoms with van der Waals surface area (Å²) in [7, 11) is 0. The molecular weight excluding hydrogens is 310 g/mol. The maximum absolute atomic E-state index is 12.5. The SMILES string of the molecule is Cc1cnc([C@H](NC(=O)N[C@H]2CCCCC[C@H]2CO)C2CC2)s1. The first-order valence-electron chi connectivity index (χ1n) is 8.77. The van der Waals surface area contributed by atoms with Gasteiger partial charge in [-0.05, 0) is 38.5 Å². The number of amides is 2. The number of rotatable bonds is 5. The second-order valence-corrected chi connectivity index (χ2v) is 8.20. The van der Waals surface area contributed by atoms with Crippen LogP contribution in [0.2, 0.25) is 0 Å². The van der Waals surface area contributed by atoms with E-state index in [4.69, 9.17) is 0 Å². The van der Waals surface area contributed by atoms with Crippen LogP contribution in [0.4, 0.5) is 4.79 Å². The number of carbonyl (C=O) groups is 1. The van der Waals surface area contributed by atoms with Crippen LogP contribution in [0.25, 0.3) is 0 Å². The number of aliphatic hydroxyl groups excluding tert-OH is 1. The van der Waals surface area contributed by atoms with Crippen molar-refractivity contribution in [3.63, 3.8) is 0 Å². The Morgan fingerprint density at radius 3 is 2.78 bits per heavy atom. The third-order valence-electron chi connectivity index (χ3n) is 5.00. The Hall–Kier alpha value is -1.14. The third-order valence-corrected chi connectivity index (χ3v) is 5.99. The monoisotopic (exact) mass is 337 g/mol. The lowest BCUT2D eigenvalue weighted by molar-refractivity contribution is 0.178. The van der Waals surface area contributed by atoms with Crippen LogP contribution in [0.5, 0.6) is 0 Å². The van der Waals surface area contributed by atoms with Crippen molar-refractivity contribution in [2.24, 2.45) is 11.8 Å². The number of thiazole rings is 1. The van der Waals surface area contributed by atoms with Crippen LogP contribution < -0.4 is 10.6 Å². The standard InChI is InChI=1S/C17H27N3O2S/c1-11-9-18-16(23-11)15(12-7-8-12)20-17(22)19-14-6-4-2-3-5-13(14)10-21/h9,12-15,21H,2-8,10H2,1H3,(H2,19,20,22)/t13-,14-,15+/m0/s1. The molecule has 6 heteroatoms. The van der Waals surface area contributed by atoms with Crippen molar-refractivity contribution in [3.8, 4) is 0 Å². The van der Waals surface area contributed by atoms with Gasteiger partial charge in [0.15, 0.2) is 0 Å². The first kappa shape index (κ1) is 16.7. The average Bonchev–Trinajstić information content (AvgIpc) is 3.31. The summed E-state index contributed by atoms with van der Waals surface area (Å²) in [5.74, 6) is 0.707. The highest BCUT2D eigenvalue weighted by atomic mass is 32.1. The largest absolute Gasteiger partial charge is 0.396 e. The molecule has 2 aliphatic carbocycles. The van der Waals surface area contributed by atoms with Gasteiger partial charge >= 0.3 is 6.03 Å². The summed E-state index contributed by atoms with van der Waals surface area (Å²) in [5, 5.41) is 16.8. The van der Waals surface area contributed by atoms with Gasteiger partial charge < -0.3 is 15.7 Å². The first-order valence-corrected chi connectivity index (χ1v) is 9.59. The minimum Gasteiger partial charge on any atom is -0.396 e. The molecule has 2 amide bonds. The lowest BCUT2D eigenvalue weighted by Gasteiger charge is -2.26. The van der Waals surface area contributed by atoms with Crippen LogP contribution >= 0.6 is 11.3 Å². The number of urea groups is 1. The van der Waals surface area contributed by atoms with Gasteiger partial charge in [0.2, 0.25) is 0 Å². The second kappa shape index (κ2) is 7.62. The molecular formula is C17H27N3O2S. The zero-order valence-electron chi connectivity index (χ0n) is 13.8. The van der Waals surface area contributed by atoms with Gasteiger partial charge in [0.25, 0.3) is 0 Å². The molecule has 0 radical (unpaired) electrons. The second-order valence-electron chi connectivity index (χ2n) is 6.93. The summed E-state index contributed by atoms with van der Waals surface area (Å²) in [6.45, 7) is 2.20. The highest BCUT2D eigenvalue weighted by Crippen LogP contribution is 2.42. The van der Waals surface area contributed by atoms with Gasteiger partial charge in [-0.15, -0.1) is 11.3 Å². The fourth-order valence-electron chi connectivity index (χ4n) is 3.47. The number of hydrogen-bond donors (Lipinski definition) is 3. The maximum Gasteiger partial charge on any atom is 0.315 e. The van der Waals surface area contributed by atoms with E-state index in [2.05, 4.69) is 15.6 Å². The third kappa shape index (κ3) is 4.44. The topological polar surface area (TPSA) is 74.2 Å². The van der Waals surface area contributed by atoms with Gasteiger partial charge in [-0.3, -0.25) is 0 Å². The molecule has 3 atom stereocenters. The van der Waals surface area contributed by atoms with Crippen molar-refractivity contribution >= 4 is 17.4 Å². The number of aryl methyl sites for hydroxylation is 1. The lowest BCUT2D eigenvalue weighted by atomic mass is 9.96. The van der Waals surface area contributed by atoms with Crippen LogP contribution in [0.3, 0.4) is 0 Å². The van der Waals surface area contributed by atoms with Crippen LogP contribution in [0, 0.1) is 18.8 Å². The summed E-state index contributed by atoms with van der Waals surface area (Å²) >= 11 is 1.67. The fourth-order valence-corrected chi connectivity index (χ4v) is 4.39. The fraction of sp³-hybridized carbons (Fsp3) is 0.765. The van der Waals surface area contributed by atoms with Gasteiger partial charge in [0.05, 0.1) is 6.04 Å². The predicted octanol–water partition coefficient (Wildman–Crippen LogP) is 3.14. The Bertz CT molecular complexity index is 530. The molecule has 1 heterocycles. The molecule has 0 spiro atoms. The summed E-state index contributed by atoms with van der Waals surface area (Å²) in [6.07, 6.45) is 9.62. The predicted molar refractivity (Wildman–Crippen MR) is 91.4 cm³/mol. The molecule has 3 N–H and O–H groups in total. The van der Waals surface area contributed by atoms with Crippen molar-refractivity contribution in [1.29, 1.82) is 0 Å². The van der Waals surface area contributed by atoms with Crippen LogP contribution in [0.1, 0.15) is 60.9 Å². The smallest absolute Gasteiger partial charge is 0.315 e. The molecule has 0 bridgehead atoms. The highest BCUT2D eigenvalue weighted by Gasteiger charge is 2.36. The van der Waals surface area contributed by atoms with Crippen molar-refractivity contribution in [2.75, 3.05) is 6.61 Å². The lowest BCUT2D eigenvalue weighted by Crippen LogP contribution is -2.47. The van der Waals surface area contributed by atoms with E-state index in [0.717, 1.165) is 43.5 Å². The minimum absolute atomic E-state index is 0.0343. The molecule has 128 valence electrons. The van der Waals surface area contributed by atoms with Gasteiger partial charge in [-0.1, -0.05) is 19.3 Å².